The molecule has 3 rings (SSSR count). The minimum Gasteiger partial charge on any atom is -0.438 e. The van der Waals surface area contributed by atoms with Crippen molar-refractivity contribution in [2.75, 3.05) is 13.7 Å². The van der Waals surface area contributed by atoms with Crippen LogP contribution in [0.5, 0.6) is 0 Å². The van der Waals surface area contributed by atoms with Crippen LogP contribution < -0.4 is 0 Å². The van der Waals surface area contributed by atoms with Crippen molar-refractivity contribution in [1.82, 2.24) is 0 Å². The van der Waals surface area contributed by atoms with Crippen molar-refractivity contribution in [2.24, 2.45) is 23.2 Å². The fraction of sp³-hybridized carbons (Fsp3) is 0.864. The predicted molar refractivity (Wildman–Crippen MR) is 103 cm³/mol. The van der Waals surface area contributed by atoms with Gasteiger partial charge in [-0.15, -0.1) is 0 Å². The maximum Gasteiger partial charge on any atom is 0.507 e. The van der Waals surface area contributed by atoms with Gasteiger partial charge >= 0.3 is 6.16 Å². The van der Waals surface area contributed by atoms with E-state index in [0.29, 0.717) is 12.5 Å². The molecule has 27 heavy (non-hydrogen) atoms. The van der Waals surface area contributed by atoms with E-state index < -0.39 is 12.3 Å². The highest BCUT2D eigenvalue weighted by Gasteiger charge is 2.60. The molecule has 1 aliphatic heterocycles. The zero-order valence-corrected chi connectivity index (χ0v) is 17.5. The van der Waals surface area contributed by atoms with Crippen LogP contribution in [0.2, 0.25) is 0 Å². The molecule has 0 spiro atoms. The molecule has 1 N–H and O–H groups in total. The SMILES string of the molecule is COC(=O)OC[C@H]1[C@H]2CC[C@@H](C)[C@]1(C)CC/C(C)=C/CC[C@@]1(C)O[C@@H]1[C@@H]2O. The Labute approximate surface area is 163 Å². The van der Waals surface area contributed by atoms with E-state index in [1.54, 1.807) is 0 Å². The molecule has 154 valence electrons. The number of epoxide rings is 1. The molecule has 2 fully saturated rings. The van der Waals surface area contributed by atoms with Crippen LogP contribution in [-0.2, 0) is 14.2 Å². The van der Waals surface area contributed by atoms with E-state index in [1.165, 1.54) is 12.7 Å². The van der Waals surface area contributed by atoms with E-state index in [1.807, 2.05) is 0 Å². The maximum absolute atomic E-state index is 11.7. The molecule has 7 atom stereocenters. The van der Waals surface area contributed by atoms with Crippen molar-refractivity contribution >= 4 is 6.16 Å². The van der Waals surface area contributed by atoms with Crippen LogP contribution in [0, 0.1) is 23.2 Å². The third-order valence-electron chi connectivity index (χ3n) is 7.85. The Morgan fingerprint density at radius 3 is 2.78 bits per heavy atom. The number of aliphatic hydroxyl groups excluding tert-OH is 1. The summed E-state index contributed by atoms with van der Waals surface area (Å²) >= 11 is 0. The fourth-order valence-corrected chi connectivity index (χ4v) is 5.49. The van der Waals surface area contributed by atoms with Crippen molar-refractivity contribution in [1.29, 1.82) is 0 Å². The number of carbonyl (C=O) groups is 1. The highest BCUT2D eigenvalue weighted by molar-refractivity contribution is 5.59. The summed E-state index contributed by atoms with van der Waals surface area (Å²) in [6, 6.07) is 0. The molecule has 1 saturated carbocycles. The van der Waals surface area contributed by atoms with Gasteiger partial charge in [0.1, 0.15) is 6.10 Å². The number of hydrogen-bond acceptors (Lipinski definition) is 5. The van der Waals surface area contributed by atoms with Crippen molar-refractivity contribution < 1.29 is 24.1 Å². The van der Waals surface area contributed by atoms with Gasteiger partial charge in [0.05, 0.1) is 25.4 Å². The number of hydrogen-bond donors (Lipinski definition) is 1. The van der Waals surface area contributed by atoms with E-state index in [4.69, 9.17) is 14.2 Å². The topological polar surface area (TPSA) is 68.3 Å². The first kappa shape index (κ1) is 20.7. The highest BCUT2D eigenvalue weighted by atomic mass is 16.7. The standard InChI is InChI=1S/C22H36O5/c1-14-7-6-11-22(4)19(27-22)18(23)16-9-8-15(2)21(3,12-10-14)17(16)13-26-20(24)25-5/h7,15-19,23H,6,8-13H2,1-5H3/b14-7+/t15-,16-,17+,18-,19-,21+,22-/m1/s1. The number of aliphatic hydroxyl groups is 1. The summed E-state index contributed by atoms with van der Waals surface area (Å²) in [7, 11) is 1.33. The van der Waals surface area contributed by atoms with E-state index in [2.05, 4.69) is 33.8 Å². The lowest BCUT2D eigenvalue weighted by atomic mass is 9.54. The van der Waals surface area contributed by atoms with Gasteiger partial charge in [0.2, 0.25) is 0 Å². The van der Waals surface area contributed by atoms with Gasteiger partial charge in [0, 0.05) is 5.92 Å². The Bertz CT molecular complexity index is 587. The van der Waals surface area contributed by atoms with Gasteiger partial charge in [-0.05, 0) is 69.6 Å². The Morgan fingerprint density at radius 1 is 1.33 bits per heavy atom. The van der Waals surface area contributed by atoms with Crippen molar-refractivity contribution in [3.8, 4) is 0 Å². The molecule has 0 aromatic heterocycles. The van der Waals surface area contributed by atoms with Crippen molar-refractivity contribution in [3.05, 3.63) is 11.6 Å². The van der Waals surface area contributed by atoms with E-state index in [0.717, 1.165) is 38.5 Å². The summed E-state index contributed by atoms with van der Waals surface area (Å²) in [6.07, 6.45) is 7.09. The van der Waals surface area contributed by atoms with Crippen molar-refractivity contribution in [2.45, 2.75) is 84.0 Å². The van der Waals surface area contributed by atoms with Gasteiger partial charge < -0.3 is 19.3 Å². The molecule has 0 amide bonds. The molecular formula is C22H36O5. The Hall–Kier alpha value is -1.07. The average Bonchev–Trinajstić information content (AvgIpc) is 3.31. The number of methoxy groups -OCH3 is 1. The smallest absolute Gasteiger partial charge is 0.438 e. The molecule has 0 unspecified atom stereocenters. The summed E-state index contributed by atoms with van der Waals surface area (Å²) in [5, 5.41) is 11.2. The van der Waals surface area contributed by atoms with Gasteiger partial charge in [-0.1, -0.05) is 25.5 Å². The van der Waals surface area contributed by atoms with E-state index in [9.17, 15) is 9.90 Å². The van der Waals surface area contributed by atoms with E-state index in [-0.39, 0.29) is 29.0 Å². The maximum atomic E-state index is 11.7. The van der Waals surface area contributed by atoms with Crippen LogP contribution in [-0.4, -0.2) is 42.8 Å². The first-order valence-corrected chi connectivity index (χ1v) is 10.4. The summed E-state index contributed by atoms with van der Waals surface area (Å²) in [5.41, 5.74) is 1.18. The molecule has 0 aromatic carbocycles. The molecule has 0 radical (unpaired) electrons. The number of rotatable bonds is 2. The van der Waals surface area contributed by atoms with E-state index >= 15 is 0 Å². The molecule has 5 nitrogen and oxygen atoms in total. The quantitative estimate of drug-likeness (QED) is 0.435. The van der Waals surface area contributed by atoms with Crippen LogP contribution >= 0.6 is 0 Å². The normalized spacial score (nSPS) is 46.7. The molecular weight excluding hydrogens is 344 g/mol. The second-order valence-electron chi connectivity index (χ2n) is 9.45. The van der Waals surface area contributed by atoms with Crippen LogP contribution in [0.3, 0.4) is 0 Å². The zero-order valence-electron chi connectivity index (χ0n) is 17.5. The molecule has 2 bridgehead atoms. The van der Waals surface area contributed by atoms with Crippen LogP contribution in [0.15, 0.2) is 11.6 Å². The monoisotopic (exact) mass is 380 g/mol. The third-order valence-corrected chi connectivity index (χ3v) is 7.85. The number of carbonyl (C=O) groups excluding carboxylic acids is 1. The van der Waals surface area contributed by atoms with Crippen LogP contribution in [0.25, 0.3) is 0 Å². The minimum absolute atomic E-state index is 0.00247. The molecule has 1 saturated heterocycles. The summed E-state index contributed by atoms with van der Waals surface area (Å²) in [6.45, 7) is 9.23. The second kappa shape index (κ2) is 7.75. The van der Waals surface area contributed by atoms with Gasteiger partial charge in [-0.2, -0.15) is 0 Å². The van der Waals surface area contributed by atoms with Gasteiger partial charge in [-0.25, -0.2) is 4.79 Å². The highest BCUT2D eigenvalue weighted by Crippen LogP contribution is 2.55. The van der Waals surface area contributed by atoms with Gasteiger partial charge in [0.25, 0.3) is 0 Å². The van der Waals surface area contributed by atoms with Crippen LogP contribution in [0.4, 0.5) is 4.79 Å². The predicted octanol–water partition coefficient (Wildman–Crippen LogP) is 4.48. The Kier molecular flexibility index (Phi) is 5.93. The molecule has 3 aliphatic rings. The summed E-state index contributed by atoms with van der Waals surface area (Å²) in [5.74, 6) is 0.678. The second-order valence-corrected chi connectivity index (χ2v) is 9.45. The molecule has 1 heterocycles. The van der Waals surface area contributed by atoms with Gasteiger partial charge in [-0.3, -0.25) is 0 Å². The molecule has 2 aliphatic carbocycles. The minimum atomic E-state index is -0.645. The van der Waals surface area contributed by atoms with Gasteiger partial charge in [0.15, 0.2) is 0 Å². The number of allylic oxidation sites excluding steroid dienone is 2. The fourth-order valence-electron chi connectivity index (χ4n) is 5.49. The number of fused-ring (bicyclic) bond motifs is 3. The Balaban J connectivity index is 1.91. The largest absolute Gasteiger partial charge is 0.507 e. The lowest BCUT2D eigenvalue weighted by Gasteiger charge is -2.51. The molecule has 0 aromatic rings. The Morgan fingerprint density at radius 2 is 2.07 bits per heavy atom. The third kappa shape index (κ3) is 4.04. The number of ether oxygens (including phenoxy) is 3. The molecule has 5 heteroatoms. The zero-order chi connectivity index (χ0) is 19.8. The first-order chi connectivity index (χ1) is 12.7. The van der Waals surface area contributed by atoms with Crippen molar-refractivity contribution in [3.63, 3.8) is 0 Å². The first-order valence-electron chi connectivity index (χ1n) is 10.4. The lowest BCUT2D eigenvalue weighted by Crippen LogP contribution is -2.50. The summed E-state index contributed by atoms with van der Waals surface area (Å²) < 4.78 is 16.1. The average molecular weight is 381 g/mol. The summed E-state index contributed by atoms with van der Waals surface area (Å²) in [4.78, 5) is 11.7. The lowest BCUT2D eigenvalue weighted by molar-refractivity contribution is -0.0894. The van der Waals surface area contributed by atoms with Crippen LogP contribution in [0.1, 0.15) is 66.2 Å².